The Morgan fingerprint density at radius 2 is 1.86 bits per heavy atom. The first-order chi connectivity index (χ1) is 13.5. The zero-order valence-corrected chi connectivity index (χ0v) is 16.5. The van der Waals surface area contributed by atoms with Crippen LogP contribution in [-0.2, 0) is 19.2 Å². The minimum absolute atomic E-state index is 0.0557. The number of thioether (sulfide) groups is 1. The first-order valence-electron chi connectivity index (χ1n) is 8.98. The number of esters is 1. The summed E-state index contributed by atoms with van der Waals surface area (Å²) >= 11 is 7.41. The molecule has 0 aliphatic carbocycles. The number of benzene rings is 2. The van der Waals surface area contributed by atoms with Crippen molar-refractivity contribution in [2.75, 3.05) is 12.4 Å². The summed E-state index contributed by atoms with van der Waals surface area (Å²) in [6.07, 6.45) is 1.06. The Kier molecular flexibility index (Phi) is 5.17. The van der Waals surface area contributed by atoms with E-state index in [1.165, 1.54) is 0 Å². The van der Waals surface area contributed by atoms with Crippen molar-refractivity contribution in [3.05, 3.63) is 70.7 Å². The zero-order valence-electron chi connectivity index (χ0n) is 15.0. The third-order valence-corrected chi connectivity index (χ3v) is 6.98. The Bertz CT molecular complexity index is 918. The van der Waals surface area contributed by atoms with Crippen LogP contribution in [0.4, 0.5) is 0 Å². The van der Waals surface area contributed by atoms with E-state index in [9.17, 15) is 14.4 Å². The molecule has 0 aromatic heterocycles. The van der Waals surface area contributed by atoms with Gasteiger partial charge in [0.25, 0.3) is 0 Å². The van der Waals surface area contributed by atoms with Gasteiger partial charge < -0.3 is 9.64 Å². The fraction of sp³-hybridized carbons (Fsp3) is 0.286. The van der Waals surface area contributed by atoms with Crippen LogP contribution in [0, 0.1) is 0 Å². The lowest BCUT2D eigenvalue weighted by atomic mass is 10.0. The van der Waals surface area contributed by atoms with Gasteiger partial charge in [-0.15, -0.1) is 11.8 Å². The van der Waals surface area contributed by atoms with E-state index >= 15 is 0 Å². The molecule has 0 unspecified atom stereocenters. The van der Waals surface area contributed by atoms with Gasteiger partial charge in [-0.3, -0.25) is 9.59 Å². The summed E-state index contributed by atoms with van der Waals surface area (Å²) in [6.45, 7) is -0.359. The highest BCUT2D eigenvalue weighted by atomic mass is 35.5. The fourth-order valence-electron chi connectivity index (χ4n) is 3.77. The van der Waals surface area contributed by atoms with Crippen LogP contribution in [0.3, 0.4) is 0 Å². The van der Waals surface area contributed by atoms with Crippen molar-refractivity contribution in [3.63, 3.8) is 0 Å². The minimum atomic E-state index is -0.682. The lowest BCUT2D eigenvalue weighted by molar-refractivity contribution is -0.152. The van der Waals surface area contributed by atoms with Crippen LogP contribution in [0.1, 0.15) is 28.8 Å². The monoisotopic (exact) mass is 415 g/mol. The average molecular weight is 416 g/mol. The van der Waals surface area contributed by atoms with Gasteiger partial charge in [-0.25, -0.2) is 4.79 Å². The molecule has 144 valence electrons. The van der Waals surface area contributed by atoms with E-state index in [1.807, 2.05) is 30.3 Å². The van der Waals surface area contributed by atoms with Gasteiger partial charge >= 0.3 is 5.97 Å². The Hall–Kier alpha value is -2.31. The molecule has 0 bridgehead atoms. The predicted octanol–water partition coefficient (Wildman–Crippen LogP) is 3.66. The first-order valence-corrected chi connectivity index (χ1v) is 10.3. The number of amides is 1. The van der Waals surface area contributed by atoms with Crippen LogP contribution in [0.15, 0.2) is 54.6 Å². The van der Waals surface area contributed by atoms with Gasteiger partial charge in [0.1, 0.15) is 10.9 Å². The molecule has 1 amide bonds. The van der Waals surface area contributed by atoms with Crippen molar-refractivity contribution < 1.29 is 19.1 Å². The number of ether oxygens (including phenoxy) is 1. The Morgan fingerprint density at radius 3 is 2.57 bits per heavy atom. The number of nitrogens with zero attached hydrogens (tertiary/aromatic N) is 1. The Balaban J connectivity index is 1.47. The number of fused-ring (bicyclic) bond motifs is 1. The molecule has 0 radical (unpaired) electrons. The third kappa shape index (κ3) is 3.31. The number of ketones is 1. The van der Waals surface area contributed by atoms with Gasteiger partial charge in [-0.05, 0) is 36.2 Å². The molecule has 2 aromatic rings. The highest BCUT2D eigenvalue weighted by Crippen LogP contribution is 2.54. The molecular formula is C21H18ClNO4S. The lowest BCUT2D eigenvalue weighted by Crippen LogP contribution is -2.47. The maximum absolute atomic E-state index is 12.7. The largest absolute Gasteiger partial charge is 0.456 e. The Labute approximate surface area is 172 Å². The van der Waals surface area contributed by atoms with Gasteiger partial charge in [0.2, 0.25) is 5.91 Å². The van der Waals surface area contributed by atoms with Crippen molar-refractivity contribution in [2.24, 2.45) is 0 Å². The summed E-state index contributed by atoms with van der Waals surface area (Å²) in [5.41, 5.74) is 1.44. The van der Waals surface area contributed by atoms with Crippen LogP contribution >= 0.6 is 23.4 Å². The Morgan fingerprint density at radius 1 is 1.14 bits per heavy atom. The second kappa shape index (κ2) is 7.60. The number of rotatable bonds is 5. The van der Waals surface area contributed by atoms with E-state index in [2.05, 4.69) is 0 Å². The molecular weight excluding hydrogens is 398 g/mol. The number of halogens is 1. The van der Waals surface area contributed by atoms with Gasteiger partial charge in [0.05, 0.1) is 0 Å². The van der Waals surface area contributed by atoms with Gasteiger partial charge in [-0.1, -0.05) is 41.9 Å². The third-order valence-electron chi connectivity index (χ3n) is 5.14. The summed E-state index contributed by atoms with van der Waals surface area (Å²) < 4.78 is 5.28. The molecule has 2 aliphatic heterocycles. The molecule has 2 aromatic carbocycles. The fourth-order valence-corrected chi connectivity index (χ4v) is 5.53. The molecule has 5 nitrogen and oxygen atoms in total. The summed E-state index contributed by atoms with van der Waals surface area (Å²) in [7, 11) is 0. The van der Waals surface area contributed by atoms with E-state index in [0.29, 0.717) is 29.2 Å². The lowest BCUT2D eigenvalue weighted by Gasteiger charge is -2.33. The molecule has 2 aliphatic rings. The number of hydrogen-bond donors (Lipinski definition) is 0. The van der Waals surface area contributed by atoms with E-state index in [0.717, 1.165) is 5.56 Å². The van der Waals surface area contributed by atoms with Crippen molar-refractivity contribution in [2.45, 2.75) is 23.8 Å². The van der Waals surface area contributed by atoms with Crippen LogP contribution in [0.2, 0.25) is 5.02 Å². The van der Waals surface area contributed by atoms with E-state index < -0.39 is 16.9 Å². The zero-order chi connectivity index (χ0) is 19.7. The van der Waals surface area contributed by atoms with Crippen LogP contribution in [0.25, 0.3) is 0 Å². The summed E-state index contributed by atoms with van der Waals surface area (Å²) in [5, 5.41) is 0.529. The number of carbonyl (C=O) groups is 3. The summed E-state index contributed by atoms with van der Waals surface area (Å²) in [6, 6.07) is 15.5. The predicted molar refractivity (Wildman–Crippen MR) is 107 cm³/mol. The van der Waals surface area contributed by atoms with Gasteiger partial charge in [-0.2, -0.15) is 0 Å². The second-order valence-electron chi connectivity index (χ2n) is 6.78. The van der Waals surface area contributed by atoms with Crippen molar-refractivity contribution in [3.8, 4) is 0 Å². The number of Topliss-reactive ketones (excluding diaryl/α,β-unsaturated/α-hetero) is 1. The standard InChI is InChI=1S/C21H18ClNO4S/c22-16-8-6-14(7-9-16)18(24)12-27-20(26)17-13-28-21(11-10-19(25)23(17)21)15-4-2-1-3-5-15/h1-9,17H,10-13H2/t17-,21+/m1/s1. The normalized spacial score (nSPS) is 23.5. The smallest absolute Gasteiger partial charge is 0.330 e. The van der Waals surface area contributed by atoms with E-state index in [4.69, 9.17) is 16.3 Å². The van der Waals surface area contributed by atoms with E-state index in [1.54, 1.807) is 40.9 Å². The highest BCUT2D eigenvalue weighted by molar-refractivity contribution is 8.00. The quantitative estimate of drug-likeness (QED) is 0.551. The van der Waals surface area contributed by atoms with Crippen molar-refractivity contribution in [1.29, 1.82) is 0 Å². The maximum atomic E-state index is 12.7. The molecule has 7 heteroatoms. The average Bonchev–Trinajstić information content (AvgIpc) is 3.26. The van der Waals surface area contributed by atoms with Gasteiger partial charge in [0, 0.05) is 22.8 Å². The second-order valence-corrected chi connectivity index (χ2v) is 8.51. The van der Waals surface area contributed by atoms with Crippen molar-refractivity contribution >= 4 is 41.0 Å². The van der Waals surface area contributed by atoms with Crippen LogP contribution < -0.4 is 0 Å². The maximum Gasteiger partial charge on any atom is 0.330 e. The number of carbonyl (C=O) groups excluding carboxylic acids is 3. The molecule has 2 fully saturated rings. The topological polar surface area (TPSA) is 63.7 Å². The molecule has 4 rings (SSSR count). The van der Waals surface area contributed by atoms with Crippen LogP contribution in [-0.4, -0.2) is 41.0 Å². The molecule has 0 saturated carbocycles. The van der Waals surface area contributed by atoms with Crippen LogP contribution in [0.5, 0.6) is 0 Å². The molecule has 28 heavy (non-hydrogen) atoms. The molecule has 2 heterocycles. The van der Waals surface area contributed by atoms with Gasteiger partial charge in [0.15, 0.2) is 12.4 Å². The number of hydrogen-bond acceptors (Lipinski definition) is 5. The van der Waals surface area contributed by atoms with Crippen molar-refractivity contribution in [1.82, 2.24) is 4.90 Å². The van der Waals surface area contributed by atoms with E-state index in [-0.39, 0.29) is 18.3 Å². The summed E-state index contributed by atoms with van der Waals surface area (Å²) in [5.74, 6) is -0.449. The molecule has 2 atom stereocenters. The molecule has 0 spiro atoms. The SMILES string of the molecule is O=C(COC(=O)[C@H]1CS[C@]2(c3ccccc3)CCC(=O)N12)c1ccc(Cl)cc1. The first kappa shape index (κ1) is 19.0. The minimum Gasteiger partial charge on any atom is -0.456 e. The summed E-state index contributed by atoms with van der Waals surface area (Å²) in [4.78, 5) is 38.6. The molecule has 0 N–H and O–H groups in total. The molecule has 2 saturated heterocycles. The highest BCUT2D eigenvalue weighted by Gasteiger charge is 2.57.